The molecule has 0 radical (unpaired) electrons. The molecule has 0 heterocycles. The summed E-state index contributed by atoms with van der Waals surface area (Å²) < 4.78 is 65.6. The third-order valence-corrected chi connectivity index (χ3v) is 2.70. The molecule has 0 aliphatic heterocycles. The Bertz CT molecular complexity index is 627. The van der Waals surface area contributed by atoms with Crippen molar-refractivity contribution in [2.75, 3.05) is 0 Å². The molecule has 1 atom stereocenters. The number of rotatable bonds is 2. The fourth-order valence-electron chi connectivity index (χ4n) is 1.70. The first-order chi connectivity index (χ1) is 8.91. The first kappa shape index (κ1) is 13.5. The molecule has 0 fully saturated rings. The molecule has 2 rings (SSSR count). The van der Waals surface area contributed by atoms with E-state index < -0.39 is 40.7 Å². The molecule has 2 N–H and O–H groups in total. The fourth-order valence-corrected chi connectivity index (χ4v) is 1.70. The molecule has 0 aromatic heterocycles. The van der Waals surface area contributed by atoms with Crippen LogP contribution in [0.2, 0.25) is 0 Å². The SMILES string of the molecule is NC(c1ccc(F)cc1F)c1ccc(F)c(F)c1F. The molecule has 1 unspecified atom stereocenters. The molecule has 0 saturated heterocycles. The van der Waals surface area contributed by atoms with Crippen LogP contribution in [-0.2, 0) is 0 Å². The van der Waals surface area contributed by atoms with Crippen molar-refractivity contribution < 1.29 is 22.0 Å². The van der Waals surface area contributed by atoms with Gasteiger partial charge in [-0.15, -0.1) is 0 Å². The smallest absolute Gasteiger partial charge is 0.194 e. The van der Waals surface area contributed by atoms with E-state index in [1.54, 1.807) is 0 Å². The lowest BCUT2D eigenvalue weighted by Crippen LogP contribution is -2.16. The molecule has 19 heavy (non-hydrogen) atoms. The van der Waals surface area contributed by atoms with Crippen molar-refractivity contribution >= 4 is 0 Å². The summed E-state index contributed by atoms with van der Waals surface area (Å²) in [4.78, 5) is 0. The lowest BCUT2D eigenvalue weighted by molar-refractivity contribution is 0.437. The number of halogens is 5. The zero-order valence-electron chi connectivity index (χ0n) is 9.43. The van der Waals surface area contributed by atoms with Crippen molar-refractivity contribution in [1.82, 2.24) is 0 Å². The lowest BCUT2D eigenvalue weighted by atomic mass is 9.98. The number of hydrogen-bond acceptors (Lipinski definition) is 1. The van der Waals surface area contributed by atoms with E-state index in [1.165, 1.54) is 0 Å². The molecule has 0 bridgehead atoms. The first-order valence-electron chi connectivity index (χ1n) is 5.25. The third kappa shape index (κ3) is 2.44. The number of benzene rings is 2. The van der Waals surface area contributed by atoms with Crippen LogP contribution in [0.4, 0.5) is 22.0 Å². The predicted molar refractivity (Wildman–Crippen MR) is 58.7 cm³/mol. The van der Waals surface area contributed by atoms with Gasteiger partial charge in [0.05, 0.1) is 6.04 Å². The quantitative estimate of drug-likeness (QED) is 0.658. The average Bonchev–Trinajstić information content (AvgIpc) is 2.35. The highest BCUT2D eigenvalue weighted by atomic mass is 19.2. The highest BCUT2D eigenvalue weighted by Gasteiger charge is 2.21. The molecule has 0 aliphatic carbocycles. The standard InChI is InChI=1S/C13H8F5N/c14-6-1-2-7(10(16)5-6)13(19)8-3-4-9(15)12(18)11(8)17/h1-5,13H,19H2. The monoisotopic (exact) mass is 273 g/mol. The summed E-state index contributed by atoms with van der Waals surface area (Å²) >= 11 is 0. The minimum absolute atomic E-state index is 0.216. The predicted octanol–water partition coefficient (Wildman–Crippen LogP) is 3.43. The van der Waals surface area contributed by atoms with Crippen LogP contribution in [0.15, 0.2) is 30.3 Å². The van der Waals surface area contributed by atoms with E-state index in [2.05, 4.69) is 0 Å². The van der Waals surface area contributed by atoms with E-state index in [9.17, 15) is 22.0 Å². The Labute approximate surface area is 105 Å². The van der Waals surface area contributed by atoms with E-state index in [0.717, 1.165) is 18.2 Å². The van der Waals surface area contributed by atoms with Crippen molar-refractivity contribution in [1.29, 1.82) is 0 Å². The maximum Gasteiger partial charge on any atom is 0.194 e. The highest BCUT2D eigenvalue weighted by Crippen LogP contribution is 2.26. The first-order valence-corrected chi connectivity index (χ1v) is 5.25. The summed E-state index contributed by atoms with van der Waals surface area (Å²) in [6.45, 7) is 0. The number of hydrogen-bond donors (Lipinski definition) is 1. The molecule has 0 saturated carbocycles. The van der Waals surface area contributed by atoms with Gasteiger partial charge in [0.2, 0.25) is 0 Å². The second-order valence-electron chi connectivity index (χ2n) is 3.91. The maximum absolute atomic E-state index is 13.5. The Morgan fingerprint density at radius 1 is 0.737 bits per heavy atom. The molecule has 0 aliphatic rings. The summed E-state index contributed by atoms with van der Waals surface area (Å²) in [6, 6.07) is 2.78. The molecule has 0 amide bonds. The van der Waals surface area contributed by atoms with E-state index in [4.69, 9.17) is 5.73 Å². The average molecular weight is 273 g/mol. The van der Waals surface area contributed by atoms with Crippen LogP contribution in [0, 0.1) is 29.1 Å². The van der Waals surface area contributed by atoms with Crippen molar-refractivity contribution in [3.8, 4) is 0 Å². The van der Waals surface area contributed by atoms with E-state index in [1.807, 2.05) is 0 Å². The molecule has 2 aromatic carbocycles. The van der Waals surface area contributed by atoms with Crippen LogP contribution in [-0.4, -0.2) is 0 Å². The van der Waals surface area contributed by atoms with Gasteiger partial charge < -0.3 is 5.73 Å². The Hall–Kier alpha value is -1.95. The van der Waals surface area contributed by atoms with Crippen LogP contribution < -0.4 is 5.73 Å². The Balaban J connectivity index is 2.50. The normalized spacial score (nSPS) is 12.5. The summed E-state index contributed by atoms with van der Waals surface area (Å²) in [6.07, 6.45) is 0. The van der Waals surface area contributed by atoms with Gasteiger partial charge in [-0.05, 0) is 12.1 Å². The largest absolute Gasteiger partial charge is 0.320 e. The summed E-state index contributed by atoms with van der Waals surface area (Å²) in [5.41, 5.74) is 4.97. The summed E-state index contributed by atoms with van der Waals surface area (Å²) in [5.74, 6) is -6.35. The van der Waals surface area contributed by atoms with Crippen LogP contribution in [0.25, 0.3) is 0 Å². The van der Waals surface area contributed by atoms with Crippen molar-refractivity contribution in [2.45, 2.75) is 6.04 Å². The van der Waals surface area contributed by atoms with Gasteiger partial charge >= 0.3 is 0 Å². The number of nitrogens with two attached hydrogens (primary N) is 1. The van der Waals surface area contributed by atoms with Crippen molar-refractivity contribution in [3.63, 3.8) is 0 Å². The minimum atomic E-state index is -1.68. The molecule has 6 heteroatoms. The highest BCUT2D eigenvalue weighted by molar-refractivity contribution is 5.34. The topological polar surface area (TPSA) is 26.0 Å². The molecule has 1 nitrogen and oxygen atoms in total. The van der Waals surface area contributed by atoms with Gasteiger partial charge in [0, 0.05) is 17.2 Å². The van der Waals surface area contributed by atoms with Crippen LogP contribution >= 0.6 is 0 Å². The van der Waals surface area contributed by atoms with Crippen LogP contribution in [0.5, 0.6) is 0 Å². The fraction of sp³-hybridized carbons (Fsp3) is 0.0769. The Morgan fingerprint density at radius 3 is 2.00 bits per heavy atom. The van der Waals surface area contributed by atoms with Gasteiger partial charge in [-0.2, -0.15) is 0 Å². The zero-order valence-corrected chi connectivity index (χ0v) is 9.43. The van der Waals surface area contributed by atoms with Crippen LogP contribution in [0.1, 0.15) is 17.2 Å². The Kier molecular flexibility index (Phi) is 3.53. The van der Waals surface area contributed by atoms with E-state index in [0.29, 0.717) is 12.1 Å². The summed E-state index contributed by atoms with van der Waals surface area (Å²) in [7, 11) is 0. The van der Waals surface area contributed by atoms with Gasteiger partial charge in [-0.1, -0.05) is 12.1 Å². The minimum Gasteiger partial charge on any atom is -0.320 e. The Morgan fingerprint density at radius 2 is 1.37 bits per heavy atom. The lowest BCUT2D eigenvalue weighted by Gasteiger charge is -2.14. The van der Waals surface area contributed by atoms with Gasteiger partial charge in [0.1, 0.15) is 11.6 Å². The molecular formula is C13H8F5N. The van der Waals surface area contributed by atoms with Gasteiger partial charge in [0.15, 0.2) is 17.5 Å². The molecule has 2 aromatic rings. The second kappa shape index (κ2) is 4.97. The van der Waals surface area contributed by atoms with Crippen molar-refractivity contribution in [2.24, 2.45) is 5.73 Å². The van der Waals surface area contributed by atoms with E-state index >= 15 is 0 Å². The van der Waals surface area contributed by atoms with Crippen LogP contribution in [0.3, 0.4) is 0 Å². The molecular weight excluding hydrogens is 265 g/mol. The summed E-state index contributed by atoms with van der Waals surface area (Å²) in [5, 5.41) is 0. The molecule has 0 spiro atoms. The van der Waals surface area contributed by atoms with Gasteiger partial charge in [-0.3, -0.25) is 0 Å². The van der Waals surface area contributed by atoms with Gasteiger partial charge in [-0.25, -0.2) is 22.0 Å². The second-order valence-corrected chi connectivity index (χ2v) is 3.91. The third-order valence-electron chi connectivity index (χ3n) is 2.70. The van der Waals surface area contributed by atoms with E-state index in [-0.39, 0.29) is 5.56 Å². The zero-order chi connectivity index (χ0) is 14.2. The van der Waals surface area contributed by atoms with Gasteiger partial charge in [0.25, 0.3) is 0 Å². The van der Waals surface area contributed by atoms with Crippen molar-refractivity contribution in [3.05, 3.63) is 70.5 Å². The molecule has 100 valence electrons. The maximum atomic E-state index is 13.5.